The minimum Gasteiger partial charge on any atom is -0.381 e. The number of aromatic nitrogens is 1. The summed E-state index contributed by atoms with van der Waals surface area (Å²) in [6.45, 7) is 5.98. The van der Waals surface area contributed by atoms with Gasteiger partial charge in [0.05, 0.1) is 6.42 Å². The molecule has 3 heterocycles. The Morgan fingerprint density at radius 2 is 1.92 bits per heavy atom. The van der Waals surface area contributed by atoms with Crippen LogP contribution in [0.15, 0.2) is 24.5 Å². The molecular weight excluding hydrogens is 302 g/mol. The zero-order valence-corrected chi connectivity index (χ0v) is 14.5. The summed E-state index contributed by atoms with van der Waals surface area (Å²) in [4.78, 5) is 21.6. The van der Waals surface area contributed by atoms with Crippen LogP contribution in [0.5, 0.6) is 0 Å². The minimum atomic E-state index is 0.245. The lowest BCUT2D eigenvalue weighted by Crippen LogP contribution is -2.45. The SMILES string of the molecule is O=C(Cc1ccncc1)N(CCCN1CCCC1)C1CCOCC1. The third kappa shape index (κ3) is 5.02. The van der Waals surface area contributed by atoms with Crippen molar-refractivity contribution in [3.63, 3.8) is 0 Å². The molecule has 1 aromatic rings. The molecule has 2 aliphatic rings. The lowest BCUT2D eigenvalue weighted by atomic mass is 10.0. The van der Waals surface area contributed by atoms with Gasteiger partial charge in [0.2, 0.25) is 5.91 Å². The number of likely N-dealkylation sites (tertiary alicyclic amines) is 1. The van der Waals surface area contributed by atoms with Gasteiger partial charge in [-0.15, -0.1) is 0 Å². The van der Waals surface area contributed by atoms with E-state index in [0.29, 0.717) is 12.5 Å². The summed E-state index contributed by atoms with van der Waals surface area (Å²) in [5.41, 5.74) is 1.05. The van der Waals surface area contributed by atoms with Crippen molar-refractivity contribution >= 4 is 5.91 Å². The fraction of sp³-hybridized carbons (Fsp3) is 0.684. The summed E-state index contributed by atoms with van der Waals surface area (Å²) in [6, 6.07) is 4.21. The smallest absolute Gasteiger partial charge is 0.227 e. The fourth-order valence-electron chi connectivity index (χ4n) is 3.76. The van der Waals surface area contributed by atoms with Gasteiger partial charge in [-0.3, -0.25) is 9.78 Å². The Kier molecular flexibility index (Phi) is 6.61. The Balaban J connectivity index is 1.56. The van der Waals surface area contributed by atoms with Gasteiger partial charge in [-0.1, -0.05) is 0 Å². The highest BCUT2D eigenvalue weighted by Gasteiger charge is 2.25. The zero-order chi connectivity index (χ0) is 16.6. The van der Waals surface area contributed by atoms with Crippen LogP contribution < -0.4 is 0 Å². The van der Waals surface area contributed by atoms with E-state index in [1.54, 1.807) is 12.4 Å². The molecule has 132 valence electrons. The van der Waals surface area contributed by atoms with Crippen LogP contribution >= 0.6 is 0 Å². The van der Waals surface area contributed by atoms with Crippen molar-refractivity contribution in [2.45, 2.75) is 44.6 Å². The first-order valence-corrected chi connectivity index (χ1v) is 9.31. The minimum absolute atomic E-state index is 0.245. The van der Waals surface area contributed by atoms with Gasteiger partial charge in [0.1, 0.15) is 0 Å². The molecule has 0 bridgehead atoms. The van der Waals surface area contributed by atoms with E-state index >= 15 is 0 Å². The van der Waals surface area contributed by atoms with E-state index in [2.05, 4.69) is 14.8 Å². The number of hydrogen-bond donors (Lipinski definition) is 0. The Morgan fingerprint density at radius 3 is 2.62 bits per heavy atom. The number of hydrogen-bond acceptors (Lipinski definition) is 4. The Morgan fingerprint density at radius 1 is 1.21 bits per heavy atom. The molecular formula is C19H29N3O2. The van der Waals surface area contributed by atoms with Crippen LogP contribution in [-0.4, -0.2) is 66.1 Å². The van der Waals surface area contributed by atoms with E-state index in [9.17, 15) is 4.79 Å². The van der Waals surface area contributed by atoms with E-state index in [0.717, 1.165) is 51.1 Å². The summed E-state index contributed by atoms with van der Waals surface area (Å²) < 4.78 is 5.48. The van der Waals surface area contributed by atoms with Gasteiger partial charge < -0.3 is 14.5 Å². The molecule has 2 fully saturated rings. The van der Waals surface area contributed by atoms with E-state index in [-0.39, 0.29) is 5.91 Å². The topological polar surface area (TPSA) is 45.7 Å². The first-order chi connectivity index (χ1) is 11.8. The number of carbonyl (C=O) groups is 1. The molecule has 0 unspecified atom stereocenters. The number of carbonyl (C=O) groups excluding carboxylic acids is 1. The van der Waals surface area contributed by atoms with Gasteiger partial charge >= 0.3 is 0 Å². The number of ether oxygens (including phenoxy) is 1. The van der Waals surface area contributed by atoms with Gasteiger partial charge in [0, 0.05) is 38.2 Å². The van der Waals surface area contributed by atoms with E-state index in [1.165, 1.54) is 25.9 Å². The van der Waals surface area contributed by atoms with Gasteiger partial charge in [-0.05, 0) is 69.4 Å². The van der Waals surface area contributed by atoms with Crippen LogP contribution in [-0.2, 0) is 16.0 Å². The van der Waals surface area contributed by atoms with Crippen molar-refractivity contribution in [2.24, 2.45) is 0 Å². The first kappa shape index (κ1) is 17.4. The number of rotatable bonds is 7. The molecule has 0 saturated carbocycles. The predicted octanol–water partition coefficient (Wildman–Crippen LogP) is 2.12. The summed E-state index contributed by atoms with van der Waals surface area (Å²) in [7, 11) is 0. The third-order valence-electron chi connectivity index (χ3n) is 5.13. The molecule has 0 aromatic carbocycles. The first-order valence-electron chi connectivity index (χ1n) is 9.31. The lowest BCUT2D eigenvalue weighted by Gasteiger charge is -2.35. The second kappa shape index (κ2) is 9.14. The molecule has 1 amide bonds. The Bertz CT molecular complexity index is 497. The highest BCUT2D eigenvalue weighted by Crippen LogP contribution is 2.17. The highest BCUT2D eigenvalue weighted by molar-refractivity contribution is 5.79. The Hall–Kier alpha value is -1.46. The molecule has 24 heavy (non-hydrogen) atoms. The molecule has 5 nitrogen and oxygen atoms in total. The third-order valence-corrected chi connectivity index (χ3v) is 5.13. The van der Waals surface area contributed by atoms with E-state index in [4.69, 9.17) is 4.74 Å². The maximum Gasteiger partial charge on any atom is 0.227 e. The maximum atomic E-state index is 12.9. The van der Waals surface area contributed by atoms with Crippen molar-refractivity contribution in [1.29, 1.82) is 0 Å². The largest absolute Gasteiger partial charge is 0.381 e. The van der Waals surface area contributed by atoms with Crippen LogP contribution in [0.25, 0.3) is 0 Å². The molecule has 0 radical (unpaired) electrons. The van der Waals surface area contributed by atoms with Crippen molar-refractivity contribution in [3.05, 3.63) is 30.1 Å². The van der Waals surface area contributed by atoms with Crippen molar-refractivity contribution < 1.29 is 9.53 Å². The highest BCUT2D eigenvalue weighted by atomic mass is 16.5. The monoisotopic (exact) mass is 331 g/mol. The normalized spacial score (nSPS) is 19.5. The van der Waals surface area contributed by atoms with Gasteiger partial charge in [0.25, 0.3) is 0 Å². The van der Waals surface area contributed by atoms with Crippen molar-refractivity contribution in [1.82, 2.24) is 14.8 Å². The molecule has 2 aliphatic heterocycles. The summed E-state index contributed by atoms with van der Waals surface area (Å²) in [5, 5.41) is 0. The maximum absolute atomic E-state index is 12.9. The summed E-state index contributed by atoms with van der Waals surface area (Å²) in [6.07, 6.45) is 9.64. The molecule has 0 atom stereocenters. The second-order valence-corrected chi connectivity index (χ2v) is 6.87. The van der Waals surface area contributed by atoms with Crippen LogP contribution in [0.1, 0.15) is 37.7 Å². The Labute approximate surface area is 145 Å². The van der Waals surface area contributed by atoms with Crippen LogP contribution in [0.3, 0.4) is 0 Å². The van der Waals surface area contributed by atoms with Crippen LogP contribution in [0, 0.1) is 0 Å². The van der Waals surface area contributed by atoms with Crippen LogP contribution in [0.4, 0.5) is 0 Å². The van der Waals surface area contributed by atoms with E-state index in [1.807, 2.05) is 12.1 Å². The number of pyridine rings is 1. The fourth-order valence-corrected chi connectivity index (χ4v) is 3.76. The standard InChI is InChI=1S/C19H29N3O2/c23-19(16-17-4-8-20-9-5-17)22(18-6-14-24-15-7-18)13-3-12-21-10-1-2-11-21/h4-5,8-9,18H,1-3,6-7,10-16H2. The molecule has 5 heteroatoms. The predicted molar refractivity (Wildman–Crippen MR) is 93.8 cm³/mol. The molecule has 1 aromatic heterocycles. The summed E-state index contributed by atoms with van der Waals surface area (Å²) >= 11 is 0. The van der Waals surface area contributed by atoms with Gasteiger partial charge in [-0.25, -0.2) is 0 Å². The zero-order valence-electron chi connectivity index (χ0n) is 14.5. The molecule has 3 rings (SSSR count). The van der Waals surface area contributed by atoms with Crippen LogP contribution in [0.2, 0.25) is 0 Å². The quantitative estimate of drug-likeness (QED) is 0.768. The molecule has 0 N–H and O–H groups in total. The molecule has 2 saturated heterocycles. The average Bonchev–Trinajstić information content (AvgIpc) is 3.14. The number of amides is 1. The van der Waals surface area contributed by atoms with Crippen molar-refractivity contribution in [3.8, 4) is 0 Å². The van der Waals surface area contributed by atoms with E-state index < -0.39 is 0 Å². The van der Waals surface area contributed by atoms with Gasteiger partial charge in [0.15, 0.2) is 0 Å². The lowest BCUT2D eigenvalue weighted by molar-refractivity contribution is -0.134. The number of nitrogens with zero attached hydrogens (tertiary/aromatic N) is 3. The average molecular weight is 331 g/mol. The molecule has 0 aliphatic carbocycles. The molecule has 0 spiro atoms. The summed E-state index contributed by atoms with van der Waals surface area (Å²) in [5.74, 6) is 0.245. The van der Waals surface area contributed by atoms with Gasteiger partial charge in [-0.2, -0.15) is 0 Å². The second-order valence-electron chi connectivity index (χ2n) is 6.87. The van der Waals surface area contributed by atoms with Crippen molar-refractivity contribution in [2.75, 3.05) is 39.4 Å².